The normalized spacial score (nSPS) is 20.1. The highest BCUT2D eigenvalue weighted by Gasteiger charge is 2.32. The van der Waals surface area contributed by atoms with E-state index < -0.39 is 28.1 Å². The van der Waals surface area contributed by atoms with Crippen molar-refractivity contribution >= 4 is 33.3 Å². The van der Waals surface area contributed by atoms with E-state index in [4.69, 9.17) is 18.5 Å². The summed E-state index contributed by atoms with van der Waals surface area (Å²) in [5.41, 5.74) is 1.54. The molecule has 1 aliphatic heterocycles. The molecular formula is C33H48N6O9S. The number of aliphatic hydroxyl groups is 1. The fourth-order valence-corrected chi connectivity index (χ4v) is 7.11. The molecule has 16 heteroatoms. The number of urea groups is 1. The van der Waals surface area contributed by atoms with E-state index in [2.05, 4.69) is 20.4 Å². The molecular weight excluding hydrogens is 656 g/mol. The molecule has 3 aromatic rings. The van der Waals surface area contributed by atoms with Gasteiger partial charge in [0.25, 0.3) is 15.9 Å². The first-order chi connectivity index (χ1) is 23.1. The van der Waals surface area contributed by atoms with Gasteiger partial charge in [-0.2, -0.15) is 0 Å². The molecule has 1 aliphatic rings. The van der Waals surface area contributed by atoms with Crippen molar-refractivity contribution in [1.29, 1.82) is 0 Å². The van der Waals surface area contributed by atoms with Crippen LogP contribution in [-0.4, -0.2) is 97.2 Å². The smallest absolute Gasteiger partial charge is 0.321 e. The van der Waals surface area contributed by atoms with Crippen molar-refractivity contribution in [3.8, 4) is 5.75 Å². The minimum absolute atomic E-state index is 0.0791. The average Bonchev–Trinajstić information content (AvgIpc) is 3.56. The van der Waals surface area contributed by atoms with Gasteiger partial charge in [0.15, 0.2) is 16.4 Å². The number of nitrogens with zero attached hydrogens (tertiary/aromatic N) is 4. The third-order valence-corrected chi connectivity index (χ3v) is 10.2. The summed E-state index contributed by atoms with van der Waals surface area (Å²) in [5.74, 6) is 0.166. The predicted octanol–water partition coefficient (Wildman–Crippen LogP) is 4.66. The second kappa shape index (κ2) is 16.0. The minimum Gasteiger partial charge on any atom is -0.490 e. The molecule has 2 aromatic heterocycles. The Hall–Kier alpha value is -4.15. The van der Waals surface area contributed by atoms with E-state index in [-0.39, 0.29) is 65.3 Å². The quantitative estimate of drug-likeness (QED) is 0.296. The van der Waals surface area contributed by atoms with Gasteiger partial charge < -0.3 is 38.7 Å². The average molecular weight is 705 g/mol. The molecule has 4 rings (SSSR count). The Morgan fingerprint density at radius 1 is 1.10 bits per heavy atom. The number of carbonyl (C=O) groups is 2. The van der Waals surface area contributed by atoms with E-state index in [1.54, 1.807) is 33.9 Å². The highest BCUT2D eigenvalue weighted by atomic mass is 32.2. The molecule has 1 aromatic carbocycles. The van der Waals surface area contributed by atoms with Gasteiger partial charge in [-0.15, -0.1) is 0 Å². The molecule has 0 fully saturated rings. The maximum atomic E-state index is 14.4. The Bertz CT molecular complexity index is 1680. The summed E-state index contributed by atoms with van der Waals surface area (Å²) in [5, 5.41) is 20.7. The third kappa shape index (κ3) is 9.10. The van der Waals surface area contributed by atoms with Crippen LogP contribution in [0.5, 0.6) is 5.75 Å². The number of carbonyl (C=O) groups excluding carboxylic acids is 2. The maximum absolute atomic E-state index is 14.4. The predicted molar refractivity (Wildman–Crippen MR) is 181 cm³/mol. The van der Waals surface area contributed by atoms with Crippen molar-refractivity contribution in [3.05, 3.63) is 46.7 Å². The maximum Gasteiger partial charge on any atom is 0.321 e. The van der Waals surface area contributed by atoms with Crippen LogP contribution >= 0.6 is 0 Å². The lowest BCUT2D eigenvalue weighted by Crippen LogP contribution is -2.48. The van der Waals surface area contributed by atoms with E-state index in [9.17, 15) is 23.1 Å². The van der Waals surface area contributed by atoms with E-state index >= 15 is 0 Å². The highest BCUT2D eigenvalue weighted by molar-refractivity contribution is 7.92. The second-order valence-electron chi connectivity index (χ2n) is 12.8. The molecule has 0 aliphatic carbocycles. The molecule has 3 heterocycles. The lowest BCUT2D eigenvalue weighted by Gasteiger charge is -2.35. The molecule has 3 N–H and O–H groups in total. The summed E-state index contributed by atoms with van der Waals surface area (Å²) in [6, 6.07) is 3.57. The zero-order chi connectivity index (χ0) is 36.0. The van der Waals surface area contributed by atoms with Crippen molar-refractivity contribution in [2.24, 2.45) is 5.92 Å². The molecule has 0 spiro atoms. The van der Waals surface area contributed by atoms with Gasteiger partial charge in [-0.3, -0.25) is 9.52 Å². The molecule has 0 unspecified atom stereocenters. The SMILES string of the molecule is Cc1noc(C)c1NC(=O)N(C)C[C@H]1OCCCC[C@H](C)Oc2ccc(NS(=O)(=O)c3c(C)noc3C)cc2C(=O)N([C@@H](C)CO)C[C@@H]1C. The van der Waals surface area contributed by atoms with Crippen molar-refractivity contribution in [2.45, 2.75) is 90.9 Å². The summed E-state index contributed by atoms with van der Waals surface area (Å²) < 4.78 is 52.0. The Morgan fingerprint density at radius 3 is 2.43 bits per heavy atom. The highest BCUT2D eigenvalue weighted by Crippen LogP contribution is 2.30. The Morgan fingerprint density at radius 2 is 1.80 bits per heavy atom. The van der Waals surface area contributed by atoms with Crippen LogP contribution in [0.4, 0.5) is 16.2 Å². The van der Waals surface area contributed by atoms with Crippen LogP contribution in [0.15, 0.2) is 32.1 Å². The minimum atomic E-state index is -4.10. The number of hydrogen-bond donors (Lipinski definition) is 3. The summed E-state index contributed by atoms with van der Waals surface area (Å²) in [4.78, 5) is 30.5. The van der Waals surface area contributed by atoms with Crippen molar-refractivity contribution < 1.29 is 41.6 Å². The van der Waals surface area contributed by atoms with Gasteiger partial charge in [0.05, 0.1) is 30.4 Å². The van der Waals surface area contributed by atoms with Gasteiger partial charge in [-0.1, -0.05) is 17.2 Å². The van der Waals surface area contributed by atoms with Crippen LogP contribution in [0, 0.1) is 33.6 Å². The molecule has 15 nitrogen and oxygen atoms in total. The van der Waals surface area contributed by atoms with Gasteiger partial charge in [0, 0.05) is 38.3 Å². The van der Waals surface area contributed by atoms with Crippen LogP contribution in [0.3, 0.4) is 0 Å². The van der Waals surface area contributed by atoms with Crippen molar-refractivity contribution in [3.63, 3.8) is 0 Å². The molecule has 0 saturated heterocycles. The summed E-state index contributed by atoms with van der Waals surface area (Å²) in [6.07, 6.45) is 1.48. The van der Waals surface area contributed by atoms with Crippen LogP contribution in [0.1, 0.15) is 73.3 Å². The van der Waals surface area contributed by atoms with Gasteiger partial charge in [0.1, 0.15) is 22.8 Å². The Labute approximate surface area is 287 Å². The fraction of sp³-hybridized carbons (Fsp3) is 0.576. The summed E-state index contributed by atoms with van der Waals surface area (Å²) >= 11 is 0. The molecule has 0 radical (unpaired) electrons. The van der Waals surface area contributed by atoms with Crippen LogP contribution in [-0.2, 0) is 14.8 Å². The number of fused-ring (bicyclic) bond motifs is 1. The Balaban J connectivity index is 1.64. The van der Waals surface area contributed by atoms with Crippen LogP contribution in [0.2, 0.25) is 0 Å². The first-order valence-electron chi connectivity index (χ1n) is 16.4. The number of aromatic nitrogens is 2. The zero-order valence-corrected chi connectivity index (χ0v) is 30.2. The second-order valence-corrected chi connectivity index (χ2v) is 14.4. The number of nitrogens with one attached hydrogen (secondary N) is 2. The number of ether oxygens (including phenoxy) is 2. The van der Waals surface area contributed by atoms with Gasteiger partial charge >= 0.3 is 6.03 Å². The number of likely N-dealkylation sites (N-methyl/N-ethyl adjacent to an activating group) is 1. The molecule has 4 atom stereocenters. The van der Waals surface area contributed by atoms with E-state index in [1.165, 1.54) is 35.8 Å². The number of hydrogen-bond acceptors (Lipinski definition) is 11. The number of amides is 3. The first-order valence-corrected chi connectivity index (χ1v) is 17.9. The molecule has 270 valence electrons. The summed E-state index contributed by atoms with van der Waals surface area (Å²) in [6.45, 7) is 12.5. The standard InChI is InChI=1S/C33H48N6O9S/c1-19-16-39(20(2)18-40)32(41)27-15-26(37-49(43,44)31-23(5)36-48-25(31)7)12-13-28(27)46-21(3)11-9-10-14-45-29(19)17-38(8)33(42)34-30-22(4)35-47-24(30)6/h12-13,15,19-21,29,37,40H,9-11,14,16-18H2,1-8H3,(H,34,42)/t19-,20-,21-,29+/m0/s1. The number of benzene rings is 1. The lowest BCUT2D eigenvalue weighted by molar-refractivity contribution is -0.0115. The molecule has 49 heavy (non-hydrogen) atoms. The molecule has 3 amide bonds. The lowest BCUT2D eigenvalue weighted by atomic mass is 10.0. The largest absolute Gasteiger partial charge is 0.490 e. The first kappa shape index (κ1) is 37.7. The monoisotopic (exact) mass is 704 g/mol. The van der Waals surface area contributed by atoms with E-state index in [0.29, 0.717) is 35.9 Å². The topological polar surface area (TPSA) is 190 Å². The molecule has 0 saturated carbocycles. The van der Waals surface area contributed by atoms with Crippen molar-refractivity contribution in [2.75, 3.05) is 43.4 Å². The van der Waals surface area contributed by atoms with Crippen molar-refractivity contribution in [1.82, 2.24) is 20.1 Å². The number of sulfonamides is 1. The van der Waals surface area contributed by atoms with Gasteiger partial charge in [0.2, 0.25) is 0 Å². The van der Waals surface area contributed by atoms with Crippen LogP contribution < -0.4 is 14.8 Å². The number of rotatable bonds is 8. The summed E-state index contributed by atoms with van der Waals surface area (Å²) in [7, 11) is -2.44. The third-order valence-electron chi connectivity index (χ3n) is 8.61. The van der Waals surface area contributed by atoms with Gasteiger partial charge in [-0.25, -0.2) is 13.2 Å². The molecule has 0 bridgehead atoms. The van der Waals surface area contributed by atoms with E-state index in [0.717, 1.165) is 12.8 Å². The number of aryl methyl sites for hydroxylation is 4. The van der Waals surface area contributed by atoms with E-state index in [1.807, 2.05) is 13.8 Å². The number of anilines is 2. The number of aliphatic hydroxyl groups excluding tert-OH is 1. The van der Waals surface area contributed by atoms with Gasteiger partial charge in [-0.05, 0) is 79.0 Å². The zero-order valence-electron chi connectivity index (χ0n) is 29.4. The Kier molecular flexibility index (Phi) is 12.3. The fourth-order valence-electron chi connectivity index (χ4n) is 5.73. The van der Waals surface area contributed by atoms with Crippen LogP contribution in [0.25, 0.3) is 0 Å².